The van der Waals surface area contributed by atoms with Crippen LogP contribution in [0.5, 0.6) is 0 Å². The monoisotopic (exact) mass is 471 g/mol. The maximum Gasteiger partial charge on any atom is 0.339 e. The Labute approximate surface area is 192 Å². The van der Waals surface area contributed by atoms with Crippen molar-refractivity contribution < 1.29 is 27.5 Å². The number of nitrogens with one attached hydrogen (secondary N) is 1. The van der Waals surface area contributed by atoms with Crippen LogP contribution in [0.4, 0.5) is 0 Å². The number of hydrogen-bond acceptors (Lipinski definition) is 7. The Morgan fingerprint density at radius 3 is 2.36 bits per heavy atom. The molecular formula is C23H25N3O6S. The number of methoxy groups -OCH3 is 2. The molecule has 1 N–H and O–H groups in total. The second kappa shape index (κ2) is 10.4. The molecule has 0 fully saturated rings. The van der Waals surface area contributed by atoms with Gasteiger partial charge in [-0.1, -0.05) is 30.3 Å². The van der Waals surface area contributed by atoms with E-state index in [4.69, 9.17) is 4.74 Å². The van der Waals surface area contributed by atoms with Crippen LogP contribution in [0.1, 0.15) is 32.8 Å². The molecular weight excluding hydrogens is 446 g/mol. The van der Waals surface area contributed by atoms with Crippen molar-refractivity contribution in [2.45, 2.75) is 17.7 Å². The van der Waals surface area contributed by atoms with Crippen molar-refractivity contribution >= 4 is 22.0 Å². The van der Waals surface area contributed by atoms with Gasteiger partial charge in [0.1, 0.15) is 0 Å². The Bertz CT molecular complexity index is 1240. The maximum absolute atomic E-state index is 13.2. The average Bonchev–Trinajstić information content (AvgIpc) is 3.32. The summed E-state index contributed by atoms with van der Waals surface area (Å²) in [5.41, 5.74) is 2.54. The molecule has 0 bridgehead atoms. The molecule has 33 heavy (non-hydrogen) atoms. The van der Waals surface area contributed by atoms with Gasteiger partial charge in [-0.25, -0.2) is 22.3 Å². The van der Waals surface area contributed by atoms with Gasteiger partial charge in [0, 0.05) is 24.8 Å². The molecule has 2 aromatic carbocycles. The SMILES string of the molecule is COC(=O)c1ccc(C(=O)OC)c(S(=O)(=O)N(C)CCCc2cc(-c3ccccc3)n[nH]2)c1. The third-order valence-electron chi connectivity index (χ3n) is 5.12. The molecule has 9 nitrogen and oxygen atoms in total. The van der Waals surface area contributed by atoms with Crippen molar-refractivity contribution in [2.75, 3.05) is 27.8 Å². The van der Waals surface area contributed by atoms with Crippen LogP contribution >= 0.6 is 0 Å². The molecule has 0 radical (unpaired) electrons. The number of ether oxygens (including phenoxy) is 2. The molecule has 0 aliphatic carbocycles. The van der Waals surface area contributed by atoms with E-state index < -0.39 is 22.0 Å². The lowest BCUT2D eigenvalue weighted by atomic mass is 10.1. The molecule has 0 saturated carbocycles. The Hall–Kier alpha value is -3.50. The van der Waals surface area contributed by atoms with Crippen molar-refractivity contribution in [3.63, 3.8) is 0 Å². The molecule has 3 aromatic rings. The van der Waals surface area contributed by atoms with Crippen LogP contribution in [0.3, 0.4) is 0 Å². The highest BCUT2D eigenvalue weighted by atomic mass is 32.2. The molecule has 0 spiro atoms. The number of sulfonamides is 1. The van der Waals surface area contributed by atoms with E-state index in [9.17, 15) is 18.0 Å². The summed E-state index contributed by atoms with van der Waals surface area (Å²) in [6.07, 6.45) is 1.09. The lowest BCUT2D eigenvalue weighted by molar-refractivity contribution is 0.0583. The molecule has 0 amide bonds. The minimum Gasteiger partial charge on any atom is -0.465 e. The minimum absolute atomic E-state index is 0.0167. The van der Waals surface area contributed by atoms with E-state index in [1.165, 1.54) is 26.3 Å². The van der Waals surface area contributed by atoms with Gasteiger partial charge < -0.3 is 9.47 Å². The molecule has 0 unspecified atom stereocenters. The van der Waals surface area contributed by atoms with Crippen molar-refractivity contribution in [1.82, 2.24) is 14.5 Å². The van der Waals surface area contributed by atoms with E-state index in [1.807, 2.05) is 36.4 Å². The van der Waals surface area contributed by atoms with Crippen molar-refractivity contribution in [2.24, 2.45) is 0 Å². The fourth-order valence-corrected chi connectivity index (χ4v) is 4.70. The van der Waals surface area contributed by atoms with Crippen LogP contribution < -0.4 is 0 Å². The van der Waals surface area contributed by atoms with Gasteiger partial charge in [-0.05, 0) is 37.1 Å². The van der Waals surface area contributed by atoms with Crippen LogP contribution in [0.2, 0.25) is 0 Å². The molecule has 0 aliphatic rings. The Kier molecular flexibility index (Phi) is 7.62. The topological polar surface area (TPSA) is 119 Å². The first-order chi connectivity index (χ1) is 15.8. The predicted molar refractivity (Wildman–Crippen MR) is 121 cm³/mol. The summed E-state index contributed by atoms with van der Waals surface area (Å²) in [5, 5.41) is 7.28. The van der Waals surface area contributed by atoms with Crippen molar-refractivity contribution in [1.29, 1.82) is 0 Å². The Morgan fingerprint density at radius 2 is 1.70 bits per heavy atom. The summed E-state index contributed by atoms with van der Waals surface area (Å²) in [6.45, 7) is 0.186. The summed E-state index contributed by atoms with van der Waals surface area (Å²) < 4.78 is 36.9. The second-order valence-corrected chi connectivity index (χ2v) is 9.28. The van der Waals surface area contributed by atoms with E-state index in [-0.39, 0.29) is 22.6 Å². The van der Waals surface area contributed by atoms with E-state index in [0.717, 1.165) is 34.4 Å². The van der Waals surface area contributed by atoms with Crippen molar-refractivity contribution in [3.8, 4) is 11.3 Å². The lowest BCUT2D eigenvalue weighted by Gasteiger charge is -2.19. The van der Waals surface area contributed by atoms with Crippen LogP contribution in [0.25, 0.3) is 11.3 Å². The highest BCUT2D eigenvalue weighted by Crippen LogP contribution is 2.23. The number of benzene rings is 2. The summed E-state index contributed by atoms with van der Waals surface area (Å²) in [5.74, 6) is -1.52. The van der Waals surface area contributed by atoms with Crippen molar-refractivity contribution in [3.05, 3.63) is 71.4 Å². The van der Waals surface area contributed by atoms with Gasteiger partial charge in [-0.3, -0.25) is 5.10 Å². The van der Waals surface area contributed by atoms with E-state index >= 15 is 0 Å². The van der Waals surface area contributed by atoms with Crippen LogP contribution in [-0.4, -0.2) is 62.7 Å². The largest absolute Gasteiger partial charge is 0.465 e. The van der Waals surface area contributed by atoms with Crippen LogP contribution in [-0.2, 0) is 25.9 Å². The van der Waals surface area contributed by atoms with E-state index in [1.54, 1.807) is 0 Å². The standard InChI is InChI=1S/C23H25N3O6S/c1-26(13-7-10-18-15-20(25-24-18)16-8-5-4-6-9-16)33(29,30)21-14-17(22(27)31-2)11-12-19(21)23(28)32-3/h4-6,8-9,11-12,14-15H,7,10,13H2,1-3H3,(H,24,25). The molecule has 10 heteroatoms. The normalized spacial score (nSPS) is 11.4. The molecule has 1 aromatic heterocycles. The number of rotatable bonds is 9. The van der Waals surface area contributed by atoms with Gasteiger partial charge in [-0.2, -0.15) is 5.10 Å². The Morgan fingerprint density at radius 1 is 1.00 bits per heavy atom. The number of carbonyl (C=O) groups is 2. The van der Waals surface area contributed by atoms with Gasteiger partial charge in [0.25, 0.3) is 0 Å². The molecule has 3 rings (SSSR count). The first kappa shape index (κ1) is 24.1. The van der Waals surface area contributed by atoms with Crippen LogP contribution in [0.15, 0.2) is 59.5 Å². The zero-order valence-electron chi connectivity index (χ0n) is 18.6. The fraction of sp³-hybridized carbons (Fsp3) is 0.261. The quantitative estimate of drug-likeness (QED) is 0.477. The second-order valence-electron chi connectivity index (χ2n) is 7.27. The molecule has 1 heterocycles. The summed E-state index contributed by atoms with van der Waals surface area (Å²) in [7, 11) is -0.315. The van der Waals surface area contributed by atoms with Crippen LogP contribution in [0, 0.1) is 0 Å². The fourth-order valence-electron chi connectivity index (χ4n) is 3.29. The minimum atomic E-state index is -4.08. The lowest BCUT2D eigenvalue weighted by Crippen LogP contribution is -2.30. The first-order valence-electron chi connectivity index (χ1n) is 10.1. The zero-order valence-corrected chi connectivity index (χ0v) is 19.4. The molecule has 174 valence electrons. The van der Waals surface area contributed by atoms with Gasteiger partial charge in [0.05, 0.1) is 35.9 Å². The number of carbonyl (C=O) groups excluding carboxylic acids is 2. The number of aromatic nitrogens is 2. The zero-order chi connectivity index (χ0) is 24.0. The first-order valence-corrected chi connectivity index (χ1v) is 11.6. The smallest absolute Gasteiger partial charge is 0.339 e. The maximum atomic E-state index is 13.2. The highest BCUT2D eigenvalue weighted by molar-refractivity contribution is 7.89. The van der Waals surface area contributed by atoms with Gasteiger partial charge in [0.15, 0.2) is 0 Å². The highest BCUT2D eigenvalue weighted by Gasteiger charge is 2.28. The third kappa shape index (κ3) is 5.47. The van der Waals surface area contributed by atoms with Gasteiger partial charge in [0.2, 0.25) is 10.0 Å². The van der Waals surface area contributed by atoms with Gasteiger partial charge >= 0.3 is 11.9 Å². The number of esters is 2. The number of aryl methyl sites for hydroxylation is 1. The molecule has 0 saturated heterocycles. The molecule has 0 atom stereocenters. The van der Waals surface area contributed by atoms with E-state index in [0.29, 0.717) is 12.8 Å². The summed E-state index contributed by atoms with van der Waals surface area (Å²) in [6, 6.07) is 15.3. The number of hydrogen-bond donors (Lipinski definition) is 1. The Balaban J connectivity index is 1.74. The number of nitrogens with zero attached hydrogens (tertiary/aromatic N) is 2. The number of aromatic amines is 1. The summed E-state index contributed by atoms with van der Waals surface area (Å²) >= 11 is 0. The van der Waals surface area contributed by atoms with Gasteiger partial charge in [-0.15, -0.1) is 0 Å². The molecule has 0 aliphatic heterocycles. The third-order valence-corrected chi connectivity index (χ3v) is 7.01. The van der Waals surface area contributed by atoms with E-state index in [2.05, 4.69) is 14.9 Å². The predicted octanol–water partition coefficient (Wildman–Crippen LogP) is 2.90. The summed E-state index contributed by atoms with van der Waals surface area (Å²) in [4.78, 5) is 23.7. The average molecular weight is 472 g/mol. The number of H-pyrrole nitrogens is 1.